The zero-order valence-corrected chi connectivity index (χ0v) is 14.8. The van der Waals surface area contributed by atoms with Crippen LogP contribution in [-0.4, -0.2) is 39.7 Å². The summed E-state index contributed by atoms with van der Waals surface area (Å²) in [6.07, 6.45) is 5.44. The summed E-state index contributed by atoms with van der Waals surface area (Å²) >= 11 is 6.16. The molecule has 1 aliphatic heterocycles. The van der Waals surface area contributed by atoms with Crippen molar-refractivity contribution in [3.8, 4) is 0 Å². The first-order valence-corrected chi connectivity index (χ1v) is 7.69. The third kappa shape index (κ3) is 4.24. The lowest BCUT2D eigenvalue weighted by molar-refractivity contribution is -0.127. The monoisotopic (exact) mass is 346 g/mol. The van der Waals surface area contributed by atoms with Crippen LogP contribution in [0.5, 0.6) is 0 Å². The Labute approximate surface area is 142 Å². The fraction of sp³-hybridized carbons (Fsp3) is 0.600. The van der Waals surface area contributed by atoms with Crippen LogP contribution in [0.2, 0.25) is 5.15 Å². The predicted molar refractivity (Wildman–Crippen MR) is 92.2 cm³/mol. The minimum absolute atomic E-state index is 0. The third-order valence-electron chi connectivity index (χ3n) is 4.10. The van der Waals surface area contributed by atoms with Gasteiger partial charge in [0.05, 0.1) is 5.69 Å². The van der Waals surface area contributed by atoms with E-state index in [0.717, 1.165) is 37.2 Å². The maximum Gasteiger partial charge on any atom is 0.246 e. The zero-order valence-electron chi connectivity index (χ0n) is 13.3. The number of hydrogen-bond acceptors (Lipinski definition) is 3. The molecule has 0 saturated carbocycles. The number of aromatic nitrogens is 2. The second-order valence-electron chi connectivity index (χ2n) is 5.79. The Kier molecular flexibility index (Phi) is 6.91. The molecule has 0 aliphatic carbocycles. The number of carbonyl (C=O) groups excluding carboxylic acids is 1. The highest BCUT2D eigenvalue weighted by molar-refractivity contribution is 6.31. The molecule has 1 fully saturated rings. The second-order valence-corrected chi connectivity index (χ2v) is 6.15. The lowest BCUT2D eigenvalue weighted by Gasteiger charge is -2.34. The number of rotatable bonds is 3. The Morgan fingerprint density at radius 1 is 1.55 bits per heavy atom. The molecule has 0 bridgehead atoms. The van der Waals surface area contributed by atoms with Gasteiger partial charge in [0.2, 0.25) is 5.91 Å². The molecule has 0 radical (unpaired) electrons. The molecule has 5 nitrogen and oxygen atoms in total. The Hall–Kier alpha value is -1.04. The van der Waals surface area contributed by atoms with Gasteiger partial charge in [-0.25, -0.2) is 0 Å². The molecule has 124 valence electrons. The van der Waals surface area contributed by atoms with Crippen molar-refractivity contribution in [3.05, 3.63) is 22.5 Å². The van der Waals surface area contributed by atoms with E-state index in [9.17, 15) is 4.79 Å². The standard InChI is InChI=1S/C15H23ClN4O.ClH/c1-10(17)12-5-4-8-20(9-12)14(21)7-6-13-11(2)18-19(3)15(13)16;/h6-7,10,12H,4-5,8-9,17H2,1-3H3;1H/b7-6+;. The van der Waals surface area contributed by atoms with Crippen LogP contribution in [0.3, 0.4) is 0 Å². The van der Waals surface area contributed by atoms with Gasteiger partial charge in [0, 0.05) is 37.8 Å². The quantitative estimate of drug-likeness (QED) is 0.854. The Morgan fingerprint density at radius 2 is 2.23 bits per heavy atom. The minimum Gasteiger partial charge on any atom is -0.339 e. The summed E-state index contributed by atoms with van der Waals surface area (Å²) in [7, 11) is 1.78. The molecule has 1 saturated heterocycles. The van der Waals surface area contributed by atoms with Crippen LogP contribution < -0.4 is 5.73 Å². The van der Waals surface area contributed by atoms with Gasteiger partial charge in [0.1, 0.15) is 5.15 Å². The normalized spacial score (nSPS) is 20.0. The molecule has 1 aromatic heterocycles. The molecule has 1 amide bonds. The minimum atomic E-state index is 0. The van der Waals surface area contributed by atoms with Crippen molar-refractivity contribution in [1.29, 1.82) is 0 Å². The molecular formula is C15H24Cl2N4O. The van der Waals surface area contributed by atoms with Gasteiger partial charge in [0.15, 0.2) is 0 Å². The highest BCUT2D eigenvalue weighted by Gasteiger charge is 2.24. The van der Waals surface area contributed by atoms with E-state index in [1.165, 1.54) is 0 Å². The highest BCUT2D eigenvalue weighted by atomic mass is 35.5. The second kappa shape index (κ2) is 7.99. The number of aryl methyl sites for hydroxylation is 2. The van der Waals surface area contributed by atoms with E-state index in [-0.39, 0.29) is 24.4 Å². The number of likely N-dealkylation sites (tertiary alicyclic amines) is 1. The highest BCUT2D eigenvalue weighted by Crippen LogP contribution is 2.21. The molecule has 2 heterocycles. The summed E-state index contributed by atoms with van der Waals surface area (Å²) in [5, 5.41) is 4.77. The number of carbonyl (C=O) groups is 1. The molecule has 2 unspecified atom stereocenters. The van der Waals surface area contributed by atoms with E-state index >= 15 is 0 Å². The van der Waals surface area contributed by atoms with Gasteiger partial charge in [0.25, 0.3) is 0 Å². The van der Waals surface area contributed by atoms with Crippen LogP contribution in [0.25, 0.3) is 6.08 Å². The summed E-state index contributed by atoms with van der Waals surface area (Å²) in [6.45, 7) is 5.42. The van der Waals surface area contributed by atoms with Gasteiger partial charge in [-0.3, -0.25) is 9.48 Å². The number of nitrogens with zero attached hydrogens (tertiary/aromatic N) is 3. The Bertz CT molecular complexity index is 554. The van der Waals surface area contributed by atoms with Crippen LogP contribution in [0, 0.1) is 12.8 Å². The maximum absolute atomic E-state index is 12.3. The molecule has 7 heteroatoms. The average Bonchev–Trinajstić information content (AvgIpc) is 2.70. The SMILES string of the molecule is Cc1nn(C)c(Cl)c1/C=C/C(=O)N1CCCC(C(C)N)C1.Cl. The first-order chi connectivity index (χ1) is 9.90. The van der Waals surface area contributed by atoms with Crippen molar-refractivity contribution in [2.45, 2.75) is 32.7 Å². The number of hydrogen-bond donors (Lipinski definition) is 1. The average molecular weight is 347 g/mol. The first-order valence-electron chi connectivity index (χ1n) is 7.31. The van der Waals surface area contributed by atoms with E-state index in [2.05, 4.69) is 5.10 Å². The molecule has 22 heavy (non-hydrogen) atoms. The van der Waals surface area contributed by atoms with Gasteiger partial charge in [-0.05, 0) is 38.7 Å². The summed E-state index contributed by atoms with van der Waals surface area (Å²) in [5.74, 6) is 0.402. The van der Waals surface area contributed by atoms with E-state index in [0.29, 0.717) is 11.1 Å². The number of amides is 1. The van der Waals surface area contributed by atoms with Crippen molar-refractivity contribution in [2.75, 3.05) is 13.1 Å². The molecular weight excluding hydrogens is 323 g/mol. The summed E-state index contributed by atoms with van der Waals surface area (Å²) < 4.78 is 1.61. The number of halogens is 2. The van der Waals surface area contributed by atoms with Gasteiger partial charge >= 0.3 is 0 Å². The summed E-state index contributed by atoms with van der Waals surface area (Å²) in [4.78, 5) is 14.2. The molecule has 1 aliphatic rings. The van der Waals surface area contributed by atoms with Crippen molar-refractivity contribution < 1.29 is 4.79 Å². The van der Waals surface area contributed by atoms with E-state index in [4.69, 9.17) is 17.3 Å². The van der Waals surface area contributed by atoms with Crippen LogP contribution in [0.1, 0.15) is 31.0 Å². The molecule has 2 N–H and O–H groups in total. The van der Waals surface area contributed by atoms with Crippen LogP contribution >= 0.6 is 24.0 Å². The number of piperidine rings is 1. The summed E-state index contributed by atoms with van der Waals surface area (Å²) in [6, 6.07) is 0.125. The van der Waals surface area contributed by atoms with Crippen molar-refractivity contribution in [2.24, 2.45) is 18.7 Å². The molecule has 2 atom stereocenters. The lowest BCUT2D eigenvalue weighted by atomic mass is 9.92. The van der Waals surface area contributed by atoms with Gasteiger partial charge in [-0.1, -0.05) is 11.6 Å². The molecule has 2 rings (SSSR count). The third-order valence-corrected chi connectivity index (χ3v) is 4.55. The topological polar surface area (TPSA) is 64.2 Å². The van der Waals surface area contributed by atoms with Gasteiger partial charge < -0.3 is 10.6 Å². The predicted octanol–water partition coefficient (Wildman–Crippen LogP) is 2.40. The Morgan fingerprint density at radius 3 is 2.77 bits per heavy atom. The number of nitrogens with two attached hydrogens (primary N) is 1. The van der Waals surface area contributed by atoms with E-state index in [1.54, 1.807) is 23.9 Å². The fourth-order valence-corrected chi connectivity index (χ4v) is 2.97. The van der Waals surface area contributed by atoms with Gasteiger partial charge in [-0.2, -0.15) is 5.10 Å². The summed E-state index contributed by atoms with van der Waals surface area (Å²) in [5.41, 5.74) is 7.57. The zero-order chi connectivity index (χ0) is 15.6. The lowest BCUT2D eigenvalue weighted by Crippen LogP contribution is -2.44. The largest absolute Gasteiger partial charge is 0.339 e. The fourth-order valence-electron chi connectivity index (χ4n) is 2.74. The van der Waals surface area contributed by atoms with Crippen molar-refractivity contribution in [3.63, 3.8) is 0 Å². The molecule has 1 aromatic rings. The van der Waals surface area contributed by atoms with Crippen molar-refractivity contribution >= 4 is 36.0 Å². The first kappa shape index (κ1) is 19.0. The van der Waals surface area contributed by atoms with Crippen LogP contribution in [0.4, 0.5) is 0 Å². The van der Waals surface area contributed by atoms with E-state index in [1.807, 2.05) is 18.7 Å². The van der Waals surface area contributed by atoms with Crippen LogP contribution in [-0.2, 0) is 11.8 Å². The van der Waals surface area contributed by atoms with Gasteiger partial charge in [-0.15, -0.1) is 12.4 Å². The van der Waals surface area contributed by atoms with E-state index < -0.39 is 0 Å². The smallest absolute Gasteiger partial charge is 0.246 e. The van der Waals surface area contributed by atoms with Crippen molar-refractivity contribution in [1.82, 2.24) is 14.7 Å². The Balaban J connectivity index is 0.00000242. The van der Waals surface area contributed by atoms with Crippen LogP contribution in [0.15, 0.2) is 6.08 Å². The maximum atomic E-state index is 12.3. The molecule has 0 aromatic carbocycles. The molecule has 0 spiro atoms.